The summed E-state index contributed by atoms with van der Waals surface area (Å²) in [6, 6.07) is 7.88. The summed E-state index contributed by atoms with van der Waals surface area (Å²) >= 11 is 1.67. The van der Waals surface area contributed by atoms with Gasteiger partial charge in [0.05, 0.1) is 19.4 Å². The number of hydrogen-bond donors (Lipinski definition) is 1. The van der Waals surface area contributed by atoms with E-state index in [-0.39, 0.29) is 29.6 Å². The zero-order valence-electron chi connectivity index (χ0n) is 16.8. The van der Waals surface area contributed by atoms with Crippen LogP contribution in [0.4, 0.5) is 24.8 Å². The molecule has 0 saturated heterocycles. The van der Waals surface area contributed by atoms with Crippen LogP contribution >= 0.6 is 11.8 Å². The first-order valence-electron chi connectivity index (χ1n) is 9.71. The number of nitrogens with one attached hydrogen (secondary N) is 1. The molecule has 3 aromatic rings. The molecule has 0 fully saturated rings. The van der Waals surface area contributed by atoms with Gasteiger partial charge in [-0.15, -0.1) is 0 Å². The molecular weight excluding hydrogens is 427 g/mol. The van der Waals surface area contributed by atoms with Crippen LogP contribution in [0.2, 0.25) is 0 Å². The van der Waals surface area contributed by atoms with Crippen LogP contribution in [0, 0.1) is 17.5 Å². The van der Waals surface area contributed by atoms with E-state index in [0.717, 1.165) is 23.6 Å². The highest BCUT2D eigenvalue weighted by Gasteiger charge is 2.21. The maximum Gasteiger partial charge on any atom is 0.227 e. The molecule has 9 heteroatoms. The van der Waals surface area contributed by atoms with Crippen molar-refractivity contribution in [3.8, 4) is 22.8 Å². The van der Waals surface area contributed by atoms with Crippen LogP contribution in [0.15, 0.2) is 36.5 Å². The molecule has 1 aromatic heterocycles. The predicted molar refractivity (Wildman–Crippen MR) is 115 cm³/mol. The minimum absolute atomic E-state index is 0.0183. The SMILES string of the molecule is CSCc1cc2cc(c1)OCCCCOc1c(ccc(F)c1F)-c1nc(ncc1F)N2. The van der Waals surface area contributed by atoms with Crippen molar-refractivity contribution in [2.24, 2.45) is 0 Å². The van der Waals surface area contributed by atoms with Crippen molar-refractivity contribution in [2.75, 3.05) is 24.8 Å². The molecule has 0 radical (unpaired) electrons. The molecule has 1 aliphatic heterocycles. The second-order valence-electron chi connectivity index (χ2n) is 6.96. The number of fused-ring (bicyclic) bond motifs is 6. The number of ether oxygens (including phenoxy) is 2. The number of benzene rings is 2. The quantitative estimate of drug-likeness (QED) is 0.542. The topological polar surface area (TPSA) is 56.3 Å². The molecule has 162 valence electrons. The van der Waals surface area contributed by atoms with Gasteiger partial charge in [-0.3, -0.25) is 0 Å². The Kier molecular flexibility index (Phi) is 6.50. The van der Waals surface area contributed by atoms with E-state index in [1.165, 1.54) is 6.07 Å². The lowest BCUT2D eigenvalue weighted by Gasteiger charge is -2.14. The number of halogens is 3. The number of anilines is 2. The summed E-state index contributed by atoms with van der Waals surface area (Å²) in [4.78, 5) is 8.20. The van der Waals surface area contributed by atoms with Gasteiger partial charge in [0.2, 0.25) is 11.8 Å². The molecule has 0 atom stereocenters. The molecule has 4 bridgehead atoms. The number of nitrogens with zero attached hydrogens (tertiary/aromatic N) is 2. The molecule has 0 spiro atoms. The summed E-state index contributed by atoms with van der Waals surface area (Å²) in [5, 5.41) is 3.05. The Bertz CT molecular complexity index is 1100. The second-order valence-corrected chi connectivity index (χ2v) is 7.82. The summed E-state index contributed by atoms with van der Waals surface area (Å²) in [6.07, 6.45) is 4.17. The maximum absolute atomic E-state index is 14.6. The van der Waals surface area contributed by atoms with Crippen molar-refractivity contribution < 1.29 is 22.6 Å². The third-order valence-corrected chi connectivity index (χ3v) is 5.26. The zero-order chi connectivity index (χ0) is 21.8. The van der Waals surface area contributed by atoms with E-state index in [4.69, 9.17) is 9.47 Å². The van der Waals surface area contributed by atoms with Crippen LogP contribution < -0.4 is 14.8 Å². The fourth-order valence-corrected chi connectivity index (χ4v) is 3.74. The lowest BCUT2D eigenvalue weighted by Crippen LogP contribution is -2.06. The first kappa shape index (κ1) is 21.3. The van der Waals surface area contributed by atoms with E-state index >= 15 is 0 Å². The van der Waals surface area contributed by atoms with E-state index in [2.05, 4.69) is 15.3 Å². The average molecular weight is 447 g/mol. The van der Waals surface area contributed by atoms with Crippen LogP contribution in [0.3, 0.4) is 0 Å². The summed E-state index contributed by atoms with van der Waals surface area (Å²) in [6.45, 7) is 0.551. The molecule has 0 amide bonds. The third kappa shape index (κ3) is 4.87. The van der Waals surface area contributed by atoms with Gasteiger partial charge in [0.25, 0.3) is 0 Å². The molecule has 31 heavy (non-hydrogen) atoms. The van der Waals surface area contributed by atoms with Crippen LogP contribution in [0.1, 0.15) is 18.4 Å². The summed E-state index contributed by atoms with van der Waals surface area (Å²) < 4.78 is 54.2. The van der Waals surface area contributed by atoms with Crippen LogP contribution in [0.25, 0.3) is 11.3 Å². The Morgan fingerprint density at radius 2 is 1.84 bits per heavy atom. The lowest BCUT2D eigenvalue weighted by molar-refractivity contribution is 0.258. The number of thioether (sulfide) groups is 1. The standard InChI is InChI=1S/C22H20F3N3O2S/c1-31-12-13-8-14-10-15(9-13)29-6-2-3-7-30-21-16(4-5-17(23)19(21)25)20-18(24)11-26-22(27-14)28-20/h4-5,8-11H,2-3,6-7,12H2,1H3,(H,26,27,28). The highest BCUT2D eigenvalue weighted by molar-refractivity contribution is 7.97. The molecule has 1 aliphatic rings. The van der Waals surface area contributed by atoms with Crippen molar-refractivity contribution in [3.63, 3.8) is 0 Å². The molecule has 5 nitrogen and oxygen atoms in total. The maximum atomic E-state index is 14.6. The Morgan fingerprint density at radius 1 is 1.03 bits per heavy atom. The van der Waals surface area contributed by atoms with Gasteiger partial charge >= 0.3 is 0 Å². The molecule has 4 rings (SSSR count). The normalized spacial score (nSPS) is 13.7. The monoisotopic (exact) mass is 447 g/mol. The molecule has 0 unspecified atom stereocenters. The van der Waals surface area contributed by atoms with E-state index in [1.807, 2.05) is 24.5 Å². The molecule has 0 saturated carbocycles. The van der Waals surface area contributed by atoms with E-state index in [0.29, 0.717) is 30.9 Å². The summed E-state index contributed by atoms with van der Waals surface area (Å²) in [5.41, 5.74) is 1.56. The minimum atomic E-state index is -1.18. The van der Waals surface area contributed by atoms with Crippen molar-refractivity contribution in [2.45, 2.75) is 18.6 Å². The van der Waals surface area contributed by atoms with Crippen molar-refractivity contribution in [1.82, 2.24) is 9.97 Å². The van der Waals surface area contributed by atoms with Gasteiger partial charge in [-0.1, -0.05) is 0 Å². The van der Waals surface area contributed by atoms with E-state index in [1.54, 1.807) is 11.8 Å². The Morgan fingerprint density at radius 3 is 2.65 bits per heavy atom. The first-order chi connectivity index (χ1) is 15.0. The van der Waals surface area contributed by atoms with Crippen molar-refractivity contribution in [3.05, 3.63) is 59.5 Å². The van der Waals surface area contributed by atoms with E-state index in [9.17, 15) is 13.2 Å². The number of hydrogen-bond acceptors (Lipinski definition) is 6. The van der Waals surface area contributed by atoms with Crippen LogP contribution in [-0.4, -0.2) is 29.4 Å². The third-order valence-electron chi connectivity index (χ3n) is 4.64. The van der Waals surface area contributed by atoms with Gasteiger partial charge in [0.15, 0.2) is 17.4 Å². The van der Waals surface area contributed by atoms with Gasteiger partial charge in [0, 0.05) is 23.1 Å². The fourth-order valence-electron chi connectivity index (χ4n) is 3.24. The predicted octanol–water partition coefficient (Wildman–Crippen LogP) is 5.72. The van der Waals surface area contributed by atoms with Gasteiger partial charge in [-0.05, 0) is 48.9 Å². The Labute approximate surface area is 182 Å². The highest BCUT2D eigenvalue weighted by atomic mass is 32.2. The fraction of sp³-hybridized carbons (Fsp3) is 0.273. The number of aromatic nitrogens is 2. The van der Waals surface area contributed by atoms with Gasteiger partial charge in [-0.25, -0.2) is 18.7 Å². The highest BCUT2D eigenvalue weighted by Crippen LogP contribution is 2.35. The van der Waals surface area contributed by atoms with Gasteiger partial charge in [0.1, 0.15) is 11.4 Å². The lowest BCUT2D eigenvalue weighted by atomic mass is 10.1. The summed E-state index contributed by atoms with van der Waals surface area (Å²) in [7, 11) is 0. The van der Waals surface area contributed by atoms with Gasteiger partial charge in [-0.2, -0.15) is 16.2 Å². The van der Waals surface area contributed by atoms with Crippen molar-refractivity contribution in [1.29, 1.82) is 0 Å². The molecule has 0 aliphatic carbocycles. The second kappa shape index (κ2) is 9.47. The van der Waals surface area contributed by atoms with Crippen molar-refractivity contribution >= 4 is 23.4 Å². The average Bonchev–Trinajstić information content (AvgIpc) is 2.75. The molecular formula is C22H20F3N3O2S. The molecule has 2 heterocycles. The number of rotatable bonds is 2. The molecule has 1 N–H and O–H groups in total. The van der Waals surface area contributed by atoms with Crippen LogP contribution in [0.5, 0.6) is 11.5 Å². The van der Waals surface area contributed by atoms with E-state index < -0.39 is 17.5 Å². The Hall–Kier alpha value is -2.94. The Balaban J connectivity index is 1.81. The minimum Gasteiger partial charge on any atom is -0.494 e. The zero-order valence-corrected chi connectivity index (χ0v) is 17.6. The van der Waals surface area contributed by atoms with Gasteiger partial charge < -0.3 is 14.8 Å². The molecule has 2 aromatic carbocycles. The first-order valence-corrected chi connectivity index (χ1v) is 11.1. The smallest absolute Gasteiger partial charge is 0.227 e. The largest absolute Gasteiger partial charge is 0.494 e. The summed E-state index contributed by atoms with van der Waals surface area (Å²) in [5.74, 6) is -1.83. The van der Waals surface area contributed by atoms with Crippen LogP contribution in [-0.2, 0) is 5.75 Å².